The van der Waals surface area contributed by atoms with Crippen molar-refractivity contribution in [3.05, 3.63) is 48.3 Å². The predicted molar refractivity (Wildman–Crippen MR) is 121 cm³/mol. The van der Waals surface area contributed by atoms with Crippen molar-refractivity contribution in [2.24, 2.45) is 5.73 Å². The molecule has 0 aliphatic carbocycles. The van der Waals surface area contributed by atoms with Gasteiger partial charge in [-0.15, -0.1) is 0 Å². The zero-order chi connectivity index (χ0) is 23.2. The van der Waals surface area contributed by atoms with Gasteiger partial charge in [-0.1, -0.05) is 31.7 Å². The van der Waals surface area contributed by atoms with Gasteiger partial charge in [-0.2, -0.15) is 13.2 Å². The summed E-state index contributed by atoms with van der Waals surface area (Å²) in [6, 6.07) is 6.15. The lowest BCUT2D eigenvalue weighted by Gasteiger charge is -2.26. The molecule has 170 valence electrons. The van der Waals surface area contributed by atoms with Crippen molar-refractivity contribution in [1.82, 2.24) is 10.3 Å². The highest BCUT2D eigenvalue weighted by Crippen LogP contribution is 2.37. The number of fused-ring (bicyclic) bond motifs is 1. The van der Waals surface area contributed by atoms with E-state index in [9.17, 15) is 17.6 Å². The van der Waals surface area contributed by atoms with Crippen LogP contribution in [-0.2, 0) is 0 Å². The molecule has 1 unspecified atom stereocenters. The molecule has 0 saturated heterocycles. The first-order valence-corrected chi connectivity index (χ1v) is 10.3. The number of nitrogens with one attached hydrogen (secondary N) is 2. The van der Waals surface area contributed by atoms with E-state index in [2.05, 4.69) is 22.2 Å². The van der Waals surface area contributed by atoms with Crippen molar-refractivity contribution in [3.8, 4) is 0 Å². The fourth-order valence-electron chi connectivity index (χ4n) is 3.34. The van der Waals surface area contributed by atoms with E-state index in [1.807, 2.05) is 6.92 Å². The molecule has 2 aromatic rings. The van der Waals surface area contributed by atoms with Crippen molar-refractivity contribution in [2.75, 3.05) is 18.9 Å². The summed E-state index contributed by atoms with van der Waals surface area (Å²) >= 11 is 0. The number of pyridine rings is 1. The lowest BCUT2D eigenvalue weighted by atomic mass is 9.99. The fraction of sp³-hybridized carbons (Fsp3) is 0.435. The fourth-order valence-corrected chi connectivity index (χ4v) is 3.34. The van der Waals surface area contributed by atoms with E-state index in [0.717, 1.165) is 0 Å². The minimum absolute atomic E-state index is 0.0579. The molecule has 0 aliphatic heterocycles. The Morgan fingerprint density at radius 2 is 2.00 bits per heavy atom. The summed E-state index contributed by atoms with van der Waals surface area (Å²) < 4.78 is 55.0. The molecule has 0 aliphatic rings. The minimum atomic E-state index is -4.63. The number of rotatable bonds is 10. The molecule has 1 aromatic carbocycles. The molecular weight excluding hydrogens is 408 g/mol. The summed E-state index contributed by atoms with van der Waals surface area (Å²) in [7, 11) is 1.80. The number of hydrogen-bond acceptors (Lipinski definition) is 4. The average molecular weight is 439 g/mol. The molecule has 3 atom stereocenters. The molecule has 0 amide bonds. The summed E-state index contributed by atoms with van der Waals surface area (Å²) in [6.07, 6.45) is -1.74. The first-order chi connectivity index (χ1) is 14.6. The van der Waals surface area contributed by atoms with Gasteiger partial charge in [-0.3, -0.25) is 0 Å². The number of hydrogen-bond donors (Lipinski definition) is 3. The zero-order valence-corrected chi connectivity index (χ0v) is 18.1. The molecule has 31 heavy (non-hydrogen) atoms. The first-order valence-electron chi connectivity index (χ1n) is 10.3. The number of allylic oxidation sites excluding steroid dienone is 1. The van der Waals surface area contributed by atoms with Crippen molar-refractivity contribution in [1.29, 1.82) is 0 Å². The number of aromatic nitrogens is 1. The Labute approximate surface area is 180 Å². The summed E-state index contributed by atoms with van der Waals surface area (Å²) in [5, 5.41) is 7.13. The quantitative estimate of drug-likeness (QED) is 0.440. The van der Waals surface area contributed by atoms with Crippen LogP contribution in [0.2, 0.25) is 0 Å². The maximum absolute atomic E-state index is 14.7. The monoisotopic (exact) mass is 438 g/mol. The second-order valence-electron chi connectivity index (χ2n) is 7.51. The highest BCUT2D eigenvalue weighted by molar-refractivity contribution is 6.00. The largest absolute Gasteiger partial charge is 0.417 e. The Hall–Kier alpha value is -2.45. The number of anilines is 1. The van der Waals surface area contributed by atoms with Gasteiger partial charge in [-0.25, -0.2) is 9.37 Å². The van der Waals surface area contributed by atoms with Crippen LogP contribution in [-0.4, -0.2) is 43.0 Å². The van der Waals surface area contributed by atoms with Crippen molar-refractivity contribution in [3.63, 3.8) is 0 Å². The van der Waals surface area contributed by atoms with Crippen LogP contribution in [0.1, 0.15) is 38.1 Å². The third-order valence-electron chi connectivity index (χ3n) is 5.21. The van der Waals surface area contributed by atoms with Crippen LogP contribution >= 0.6 is 0 Å². The summed E-state index contributed by atoms with van der Waals surface area (Å²) in [5.41, 5.74) is 5.07. The van der Waals surface area contributed by atoms with Gasteiger partial charge in [0, 0.05) is 29.0 Å². The molecule has 4 nitrogen and oxygen atoms in total. The van der Waals surface area contributed by atoms with E-state index >= 15 is 0 Å². The van der Waals surface area contributed by atoms with Gasteiger partial charge in [0.15, 0.2) is 0 Å². The molecule has 0 saturated carbocycles. The van der Waals surface area contributed by atoms with E-state index in [4.69, 9.17) is 5.73 Å². The minimum Gasteiger partial charge on any atom is -0.379 e. The number of halogens is 4. The number of nitrogens with zero attached hydrogens (tertiary/aromatic N) is 1. The maximum atomic E-state index is 14.7. The summed E-state index contributed by atoms with van der Waals surface area (Å²) in [5.74, 6) is 0. The van der Waals surface area contributed by atoms with Crippen molar-refractivity contribution < 1.29 is 17.6 Å². The van der Waals surface area contributed by atoms with Crippen LogP contribution in [0, 0.1) is 0 Å². The van der Waals surface area contributed by atoms with Gasteiger partial charge in [-0.05, 0) is 45.0 Å². The number of benzene rings is 1. The standard InChI is InChI=1S/C23H30F4N4/c1-5-19(24)21(12-14(2)29-4)31-20-10-6-9-17-18(20)13-16(8-7-11-28)30-22(17)15(3)23(25,26)27/h6-10,13-14,19,21,29,31H,3,5,11-12,28H2,1-2,4H3/b8-7+/t14?,19-,21+/m0/s1. The SMILES string of the molecule is C=C(c1nc(/C=C/CN)cc2c(N[C@H](CC(C)NC)[C@@H](F)CC)cccc12)C(F)(F)F. The third kappa shape index (κ3) is 6.27. The maximum Gasteiger partial charge on any atom is 0.417 e. The number of nitrogens with two attached hydrogens (primary N) is 1. The van der Waals surface area contributed by atoms with Crippen LogP contribution in [0.25, 0.3) is 22.4 Å². The number of alkyl halides is 4. The van der Waals surface area contributed by atoms with Crippen LogP contribution < -0.4 is 16.4 Å². The lowest BCUT2D eigenvalue weighted by Crippen LogP contribution is -2.37. The highest BCUT2D eigenvalue weighted by Gasteiger charge is 2.35. The Morgan fingerprint density at radius 3 is 2.58 bits per heavy atom. The van der Waals surface area contributed by atoms with Crippen molar-refractivity contribution >= 4 is 28.1 Å². The van der Waals surface area contributed by atoms with E-state index in [1.54, 1.807) is 50.4 Å². The first kappa shape index (κ1) is 24.8. The van der Waals surface area contributed by atoms with Gasteiger partial charge in [0.25, 0.3) is 0 Å². The molecular formula is C23H30F4N4. The highest BCUT2D eigenvalue weighted by atomic mass is 19.4. The van der Waals surface area contributed by atoms with Gasteiger partial charge in [0.2, 0.25) is 0 Å². The molecule has 0 spiro atoms. The van der Waals surface area contributed by atoms with Crippen LogP contribution in [0.3, 0.4) is 0 Å². The smallest absolute Gasteiger partial charge is 0.379 e. The van der Waals surface area contributed by atoms with Gasteiger partial charge < -0.3 is 16.4 Å². The topological polar surface area (TPSA) is 63.0 Å². The Bertz CT molecular complexity index is 924. The molecule has 8 heteroatoms. The molecule has 1 heterocycles. The van der Waals surface area contributed by atoms with Gasteiger partial charge >= 0.3 is 6.18 Å². The molecule has 0 radical (unpaired) electrons. The zero-order valence-electron chi connectivity index (χ0n) is 18.1. The molecule has 1 aromatic heterocycles. The average Bonchev–Trinajstić information content (AvgIpc) is 2.74. The summed E-state index contributed by atoms with van der Waals surface area (Å²) in [6.45, 7) is 7.16. The Balaban J connectivity index is 2.64. The van der Waals surface area contributed by atoms with E-state index in [-0.39, 0.29) is 18.3 Å². The van der Waals surface area contributed by atoms with Crippen LogP contribution in [0.4, 0.5) is 23.2 Å². The Kier molecular flexibility index (Phi) is 8.59. The molecule has 0 bridgehead atoms. The third-order valence-corrected chi connectivity index (χ3v) is 5.21. The second-order valence-corrected chi connectivity index (χ2v) is 7.51. The van der Waals surface area contributed by atoms with Crippen LogP contribution in [0.5, 0.6) is 0 Å². The Morgan fingerprint density at radius 1 is 1.29 bits per heavy atom. The van der Waals surface area contributed by atoms with Crippen molar-refractivity contribution in [2.45, 2.75) is 51.1 Å². The van der Waals surface area contributed by atoms with Crippen LogP contribution in [0.15, 0.2) is 36.9 Å². The lowest BCUT2D eigenvalue weighted by molar-refractivity contribution is -0.0688. The van der Waals surface area contributed by atoms with Gasteiger partial charge in [0.1, 0.15) is 6.17 Å². The molecule has 2 rings (SSSR count). The second kappa shape index (κ2) is 10.7. The van der Waals surface area contributed by atoms with E-state index < -0.39 is 24.0 Å². The molecule has 4 N–H and O–H groups in total. The predicted octanol–water partition coefficient (Wildman–Crippen LogP) is 5.31. The van der Waals surface area contributed by atoms with Gasteiger partial charge in [0.05, 0.1) is 23.0 Å². The van der Waals surface area contributed by atoms with E-state index in [1.165, 1.54) is 0 Å². The molecule has 0 fully saturated rings. The summed E-state index contributed by atoms with van der Waals surface area (Å²) in [4.78, 5) is 4.16. The normalized spacial score (nSPS) is 15.2. The van der Waals surface area contributed by atoms with E-state index in [0.29, 0.717) is 35.0 Å².